The smallest absolute Gasteiger partial charge is 0.328 e. The van der Waals surface area contributed by atoms with Gasteiger partial charge in [0, 0.05) is 30.4 Å². The number of imidazole rings is 1. The second-order valence-electron chi connectivity index (χ2n) is 7.34. The molecule has 0 aliphatic carbocycles. The fourth-order valence-electron chi connectivity index (χ4n) is 3.73. The number of aromatic nitrogens is 4. The monoisotopic (exact) mass is 415 g/mol. The molecule has 4 rings (SSSR count). The van der Waals surface area contributed by atoms with Gasteiger partial charge < -0.3 is 5.32 Å². The lowest BCUT2D eigenvalue weighted by Gasteiger charge is -2.18. The molecule has 2 aromatic heterocycles. The lowest BCUT2D eigenvalue weighted by Crippen LogP contribution is -2.19. The lowest BCUT2D eigenvalue weighted by atomic mass is 10.0. The summed E-state index contributed by atoms with van der Waals surface area (Å²) in [6.45, 7) is 3.47. The Morgan fingerprint density at radius 3 is 2.23 bits per heavy atom. The summed E-state index contributed by atoms with van der Waals surface area (Å²) in [5, 5.41) is 12.9. The predicted molar refractivity (Wildman–Crippen MR) is 109 cm³/mol. The first-order chi connectivity index (χ1) is 14.2. The highest BCUT2D eigenvalue weighted by Crippen LogP contribution is 2.32. The van der Waals surface area contributed by atoms with Gasteiger partial charge in [-0.1, -0.05) is 18.2 Å². The normalized spacial score (nSPS) is 12.8. The highest BCUT2D eigenvalue weighted by atomic mass is 19.3. The van der Waals surface area contributed by atoms with E-state index in [-0.39, 0.29) is 11.3 Å². The van der Waals surface area contributed by atoms with E-state index in [0.717, 1.165) is 17.0 Å². The van der Waals surface area contributed by atoms with Crippen LogP contribution in [-0.4, -0.2) is 19.3 Å². The molecule has 2 heterocycles. The van der Waals surface area contributed by atoms with E-state index in [9.17, 15) is 18.0 Å². The number of nitrogens with zero attached hydrogens (tertiary/aromatic N) is 4. The molecule has 0 radical (unpaired) electrons. The second-order valence-corrected chi connectivity index (χ2v) is 7.34. The molecule has 0 bridgehead atoms. The summed E-state index contributed by atoms with van der Waals surface area (Å²) in [7, 11) is 3.37. The Labute approximate surface area is 170 Å². The van der Waals surface area contributed by atoms with E-state index >= 15 is 0 Å². The summed E-state index contributed by atoms with van der Waals surface area (Å²) in [4.78, 5) is 12.3. The van der Waals surface area contributed by atoms with Crippen molar-refractivity contribution < 1.29 is 13.2 Å². The molecular weight excluding hydrogens is 395 g/mol. The number of rotatable bonds is 4. The van der Waals surface area contributed by atoms with E-state index in [0.29, 0.717) is 22.4 Å². The number of aryl methyl sites for hydroxylation is 3. The van der Waals surface area contributed by atoms with Gasteiger partial charge in [-0.3, -0.25) is 9.13 Å². The van der Waals surface area contributed by atoms with Crippen molar-refractivity contribution in [3.63, 3.8) is 0 Å². The third-order valence-electron chi connectivity index (χ3n) is 5.47. The maximum Gasteiger partial charge on any atom is 0.328 e. The van der Waals surface area contributed by atoms with Crippen molar-refractivity contribution in [2.75, 3.05) is 5.32 Å². The SMILES string of the molecule is Cc1nnc(NC(C)c2cccc(C(F)F)c2F)c2cc3c(cc12)n(C)c(=O)n3C. The van der Waals surface area contributed by atoms with Gasteiger partial charge in [0.05, 0.1) is 28.3 Å². The van der Waals surface area contributed by atoms with E-state index < -0.39 is 23.8 Å². The minimum atomic E-state index is -2.90. The third-order valence-corrected chi connectivity index (χ3v) is 5.47. The summed E-state index contributed by atoms with van der Waals surface area (Å²) >= 11 is 0. The van der Waals surface area contributed by atoms with E-state index in [1.807, 2.05) is 12.1 Å². The third kappa shape index (κ3) is 3.01. The van der Waals surface area contributed by atoms with Gasteiger partial charge in [0.1, 0.15) is 5.82 Å². The molecule has 0 amide bonds. The molecule has 0 saturated heterocycles. The number of anilines is 1. The van der Waals surface area contributed by atoms with Gasteiger partial charge in [-0.05, 0) is 26.0 Å². The van der Waals surface area contributed by atoms with E-state index in [2.05, 4.69) is 15.5 Å². The zero-order valence-electron chi connectivity index (χ0n) is 16.9. The van der Waals surface area contributed by atoms with Crippen LogP contribution in [0.3, 0.4) is 0 Å². The summed E-state index contributed by atoms with van der Waals surface area (Å²) in [5.74, 6) is -0.562. The molecule has 2 aromatic carbocycles. The van der Waals surface area contributed by atoms with Gasteiger partial charge in [-0.2, -0.15) is 5.10 Å². The zero-order chi connectivity index (χ0) is 21.7. The maximum absolute atomic E-state index is 14.6. The average Bonchev–Trinajstić information content (AvgIpc) is 2.93. The molecule has 0 fully saturated rings. The van der Waals surface area contributed by atoms with E-state index in [1.165, 1.54) is 16.7 Å². The Hall–Kier alpha value is -3.36. The minimum absolute atomic E-state index is 0.108. The Bertz CT molecular complexity index is 1340. The predicted octanol–water partition coefficient (Wildman–Crippen LogP) is 4.38. The zero-order valence-corrected chi connectivity index (χ0v) is 16.9. The standard InChI is InChI=1S/C21H20F3N5O/c1-10(12-6-5-7-13(18(12)22)19(23)24)25-20-15-9-17-16(28(3)21(30)29(17)4)8-14(15)11(2)26-27-20/h5-10,19H,1-4H3,(H,25,27). The second kappa shape index (κ2) is 7.16. The van der Waals surface area contributed by atoms with Gasteiger partial charge in [0.25, 0.3) is 6.43 Å². The van der Waals surface area contributed by atoms with Crippen molar-refractivity contribution in [3.05, 3.63) is 63.5 Å². The van der Waals surface area contributed by atoms with Crippen molar-refractivity contribution in [2.45, 2.75) is 26.3 Å². The van der Waals surface area contributed by atoms with Crippen LogP contribution in [0, 0.1) is 12.7 Å². The topological polar surface area (TPSA) is 64.7 Å². The van der Waals surface area contributed by atoms with Crippen molar-refractivity contribution in [1.82, 2.24) is 19.3 Å². The molecule has 30 heavy (non-hydrogen) atoms. The first-order valence-corrected chi connectivity index (χ1v) is 9.36. The van der Waals surface area contributed by atoms with Crippen molar-refractivity contribution in [3.8, 4) is 0 Å². The molecule has 0 saturated carbocycles. The molecule has 0 spiro atoms. The molecular formula is C21H20F3N5O. The van der Waals surface area contributed by atoms with Crippen molar-refractivity contribution in [2.24, 2.45) is 14.1 Å². The van der Waals surface area contributed by atoms with Gasteiger partial charge in [0.15, 0.2) is 5.82 Å². The fourth-order valence-corrected chi connectivity index (χ4v) is 3.73. The number of alkyl halides is 2. The van der Waals surface area contributed by atoms with Crippen LogP contribution >= 0.6 is 0 Å². The molecule has 1 atom stereocenters. The van der Waals surface area contributed by atoms with Crippen LogP contribution in [-0.2, 0) is 14.1 Å². The van der Waals surface area contributed by atoms with Gasteiger partial charge in [-0.25, -0.2) is 18.0 Å². The highest BCUT2D eigenvalue weighted by molar-refractivity contribution is 6.01. The molecule has 0 aliphatic heterocycles. The first-order valence-electron chi connectivity index (χ1n) is 9.36. The van der Waals surface area contributed by atoms with Crippen LogP contribution in [0.25, 0.3) is 21.8 Å². The largest absolute Gasteiger partial charge is 0.361 e. The average molecular weight is 415 g/mol. The number of hydrogen-bond acceptors (Lipinski definition) is 4. The Balaban J connectivity index is 1.85. The minimum Gasteiger partial charge on any atom is -0.361 e. The van der Waals surface area contributed by atoms with Gasteiger partial charge >= 0.3 is 5.69 Å². The summed E-state index contributed by atoms with van der Waals surface area (Å²) in [6, 6.07) is 6.99. The van der Waals surface area contributed by atoms with E-state index in [1.54, 1.807) is 32.5 Å². The molecule has 156 valence electrons. The molecule has 9 heteroatoms. The van der Waals surface area contributed by atoms with Crippen LogP contribution in [0.5, 0.6) is 0 Å². The Morgan fingerprint density at radius 1 is 1.00 bits per heavy atom. The fraction of sp³-hybridized carbons (Fsp3) is 0.286. The summed E-state index contributed by atoms with van der Waals surface area (Å²) in [5.41, 5.74) is 1.45. The number of hydrogen-bond donors (Lipinski definition) is 1. The van der Waals surface area contributed by atoms with Crippen LogP contribution in [0.2, 0.25) is 0 Å². The molecule has 4 aromatic rings. The number of nitrogens with one attached hydrogen (secondary N) is 1. The molecule has 6 nitrogen and oxygen atoms in total. The Morgan fingerprint density at radius 2 is 1.60 bits per heavy atom. The van der Waals surface area contributed by atoms with Crippen LogP contribution in [0.4, 0.5) is 19.0 Å². The summed E-state index contributed by atoms with van der Waals surface area (Å²) < 4.78 is 43.8. The van der Waals surface area contributed by atoms with Gasteiger partial charge in [0.2, 0.25) is 0 Å². The van der Waals surface area contributed by atoms with Crippen LogP contribution < -0.4 is 11.0 Å². The first kappa shape index (κ1) is 19.9. The lowest BCUT2D eigenvalue weighted by molar-refractivity contribution is 0.146. The number of halogens is 3. The quantitative estimate of drug-likeness (QED) is 0.537. The molecule has 0 aliphatic rings. The van der Waals surface area contributed by atoms with E-state index in [4.69, 9.17) is 0 Å². The Kier molecular flexibility index (Phi) is 4.76. The highest BCUT2D eigenvalue weighted by Gasteiger charge is 2.21. The molecule has 1 unspecified atom stereocenters. The molecule has 1 N–H and O–H groups in total. The number of benzene rings is 2. The summed E-state index contributed by atoms with van der Waals surface area (Å²) in [6.07, 6.45) is -2.90. The number of fused-ring (bicyclic) bond motifs is 2. The van der Waals surface area contributed by atoms with Crippen molar-refractivity contribution in [1.29, 1.82) is 0 Å². The van der Waals surface area contributed by atoms with Gasteiger partial charge in [-0.15, -0.1) is 5.10 Å². The van der Waals surface area contributed by atoms with Crippen LogP contribution in [0.1, 0.15) is 36.2 Å². The maximum atomic E-state index is 14.6. The van der Waals surface area contributed by atoms with Crippen LogP contribution in [0.15, 0.2) is 35.1 Å². The van der Waals surface area contributed by atoms with Crippen molar-refractivity contribution >= 4 is 27.6 Å².